The molecule has 0 fully saturated rings. The van der Waals surface area contributed by atoms with E-state index in [-0.39, 0.29) is 36.1 Å². The molecule has 0 radical (unpaired) electrons. The predicted molar refractivity (Wildman–Crippen MR) is 111 cm³/mol. The molecule has 8 heteroatoms. The molecule has 0 atom stereocenters. The molecule has 150 valence electrons. The summed E-state index contributed by atoms with van der Waals surface area (Å²) in [6.07, 6.45) is 0.705. The summed E-state index contributed by atoms with van der Waals surface area (Å²) in [5.74, 6) is -0.995. The number of hydrogen-bond donors (Lipinski definition) is 1. The average Bonchev–Trinajstić information content (AvgIpc) is 3.12. The minimum absolute atomic E-state index is 0.0468. The molecule has 0 bridgehead atoms. The number of esters is 1. The highest BCUT2D eigenvalue weighted by Gasteiger charge is 2.26. The van der Waals surface area contributed by atoms with Crippen LogP contribution in [0, 0.1) is 0 Å². The highest BCUT2D eigenvalue weighted by atomic mass is 35.5. The normalized spacial score (nSPS) is 10.6. The van der Waals surface area contributed by atoms with Gasteiger partial charge in [0.15, 0.2) is 5.56 Å². The number of nitrogens with one attached hydrogen (secondary N) is 1. The molecule has 0 unspecified atom stereocenters. The summed E-state index contributed by atoms with van der Waals surface area (Å²) >= 11 is 11.8. The van der Waals surface area contributed by atoms with Crippen LogP contribution in [-0.4, -0.2) is 23.6 Å². The lowest BCUT2D eigenvalue weighted by Gasteiger charge is -2.06. The first-order valence-corrected chi connectivity index (χ1v) is 9.70. The van der Waals surface area contributed by atoms with Crippen molar-refractivity contribution in [3.05, 3.63) is 69.7 Å². The maximum atomic E-state index is 12.5. The van der Waals surface area contributed by atoms with E-state index in [2.05, 4.69) is 10.5 Å². The van der Waals surface area contributed by atoms with E-state index in [1.54, 1.807) is 43.3 Å². The van der Waals surface area contributed by atoms with Gasteiger partial charge in [-0.3, -0.25) is 10.1 Å². The lowest BCUT2D eigenvalue weighted by atomic mass is 10.1. The van der Waals surface area contributed by atoms with Gasteiger partial charge >= 0.3 is 5.97 Å². The molecule has 0 spiro atoms. The third-order valence-corrected chi connectivity index (χ3v) is 4.60. The average molecular weight is 433 g/mol. The van der Waals surface area contributed by atoms with E-state index in [9.17, 15) is 9.59 Å². The monoisotopic (exact) mass is 432 g/mol. The molecular weight excluding hydrogens is 415 g/mol. The summed E-state index contributed by atoms with van der Waals surface area (Å²) in [4.78, 5) is 24.8. The van der Waals surface area contributed by atoms with E-state index in [1.165, 1.54) is 0 Å². The zero-order valence-electron chi connectivity index (χ0n) is 15.6. The Morgan fingerprint density at radius 2 is 1.66 bits per heavy atom. The van der Waals surface area contributed by atoms with Gasteiger partial charge in [0, 0.05) is 22.0 Å². The molecule has 2 aromatic carbocycles. The van der Waals surface area contributed by atoms with Crippen LogP contribution in [0.2, 0.25) is 10.0 Å². The van der Waals surface area contributed by atoms with Gasteiger partial charge in [-0.05, 0) is 43.2 Å². The Morgan fingerprint density at radius 3 is 2.28 bits per heavy atom. The molecule has 1 amide bonds. The number of rotatable bonds is 7. The molecule has 0 aliphatic heterocycles. The van der Waals surface area contributed by atoms with Crippen molar-refractivity contribution in [2.75, 3.05) is 11.9 Å². The van der Waals surface area contributed by atoms with Crippen molar-refractivity contribution in [3.8, 4) is 11.3 Å². The largest absolute Gasteiger partial charge is 0.462 e. The highest BCUT2D eigenvalue weighted by molar-refractivity contribution is 6.30. The molecule has 29 heavy (non-hydrogen) atoms. The molecule has 1 N–H and O–H groups in total. The lowest BCUT2D eigenvalue weighted by Crippen LogP contribution is -2.15. The Balaban J connectivity index is 1.78. The van der Waals surface area contributed by atoms with Gasteiger partial charge in [-0.15, -0.1) is 0 Å². The molecule has 0 saturated heterocycles. The van der Waals surface area contributed by atoms with Crippen molar-refractivity contribution < 1.29 is 18.8 Å². The Kier molecular flexibility index (Phi) is 6.90. The van der Waals surface area contributed by atoms with E-state index in [4.69, 9.17) is 32.5 Å². The van der Waals surface area contributed by atoms with Crippen LogP contribution in [0.4, 0.5) is 5.88 Å². The van der Waals surface area contributed by atoms with Crippen molar-refractivity contribution in [1.29, 1.82) is 0 Å². The smallest absolute Gasteiger partial charge is 0.346 e. The van der Waals surface area contributed by atoms with Gasteiger partial charge in [-0.1, -0.05) is 52.6 Å². The number of hydrogen-bond acceptors (Lipinski definition) is 5. The lowest BCUT2D eigenvalue weighted by molar-refractivity contribution is -0.116. The molecule has 3 rings (SSSR count). The number of aromatic nitrogens is 1. The van der Waals surface area contributed by atoms with Crippen LogP contribution in [0.15, 0.2) is 53.1 Å². The fourth-order valence-electron chi connectivity index (χ4n) is 2.67. The summed E-state index contributed by atoms with van der Waals surface area (Å²) in [6, 6.07) is 14.0. The second kappa shape index (κ2) is 9.58. The molecule has 0 aliphatic carbocycles. The fraction of sp³-hybridized carbons (Fsp3) is 0.190. The van der Waals surface area contributed by atoms with Gasteiger partial charge in [0.1, 0.15) is 5.69 Å². The van der Waals surface area contributed by atoms with Crippen LogP contribution in [0.5, 0.6) is 0 Å². The zero-order chi connectivity index (χ0) is 20.8. The van der Waals surface area contributed by atoms with Crippen molar-refractivity contribution >= 4 is 41.0 Å². The van der Waals surface area contributed by atoms with Crippen molar-refractivity contribution in [2.45, 2.75) is 19.8 Å². The van der Waals surface area contributed by atoms with Crippen LogP contribution in [0.1, 0.15) is 29.3 Å². The summed E-state index contributed by atoms with van der Waals surface area (Å²) in [7, 11) is 0. The topological polar surface area (TPSA) is 81.4 Å². The summed E-state index contributed by atoms with van der Waals surface area (Å²) in [5.41, 5.74) is 1.92. The van der Waals surface area contributed by atoms with E-state index in [0.29, 0.717) is 22.0 Å². The van der Waals surface area contributed by atoms with Crippen LogP contribution < -0.4 is 5.32 Å². The van der Waals surface area contributed by atoms with Gasteiger partial charge in [0.2, 0.25) is 11.8 Å². The number of aryl methyl sites for hydroxylation is 1. The molecule has 3 aromatic rings. The first kappa shape index (κ1) is 20.9. The van der Waals surface area contributed by atoms with Gasteiger partial charge < -0.3 is 9.26 Å². The Hall–Kier alpha value is -2.83. The SMILES string of the molecule is CCOC(=O)c1c(-c2ccc(Cl)cc2)noc1NC(=O)CCc1ccc(Cl)cc1. The van der Waals surface area contributed by atoms with E-state index < -0.39 is 5.97 Å². The van der Waals surface area contributed by atoms with Crippen molar-refractivity contribution in [2.24, 2.45) is 0 Å². The number of nitrogens with zero attached hydrogens (tertiary/aromatic N) is 1. The number of ether oxygens (including phenoxy) is 1. The quantitative estimate of drug-likeness (QED) is 0.505. The number of carbonyl (C=O) groups is 2. The minimum Gasteiger partial charge on any atom is -0.462 e. The maximum absolute atomic E-state index is 12.5. The number of anilines is 1. The van der Waals surface area contributed by atoms with Crippen LogP contribution in [-0.2, 0) is 16.0 Å². The van der Waals surface area contributed by atoms with E-state index >= 15 is 0 Å². The molecule has 1 aromatic heterocycles. The fourth-order valence-corrected chi connectivity index (χ4v) is 2.92. The van der Waals surface area contributed by atoms with Crippen molar-refractivity contribution in [1.82, 2.24) is 5.16 Å². The van der Waals surface area contributed by atoms with Crippen molar-refractivity contribution in [3.63, 3.8) is 0 Å². The first-order chi connectivity index (χ1) is 14.0. The first-order valence-electron chi connectivity index (χ1n) is 8.95. The second-order valence-electron chi connectivity index (χ2n) is 6.14. The van der Waals surface area contributed by atoms with Crippen LogP contribution >= 0.6 is 23.2 Å². The number of amides is 1. The van der Waals surface area contributed by atoms with E-state index in [1.807, 2.05) is 12.1 Å². The molecule has 1 heterocycles. The second-order valence-corrected chi connectivity index (χ2v) is 7.01. The van der Waals surface area contributed by atoms with Gasteiger partial charge in [0.05, 0.1) is 6.61 Å². The number of carbonyl (C=O) groups excluding carboxylic acids is 2. The third-order valence-electron chi connectivity index (χ3n) is 4.10. The third kappa shape index (κ3) is 5.37. The van der Waals surface area contributed by atoms with Gasteiger partial charge in [0.25, 0.3) is 0 Å². The number of benzene rings is 2. The summed E-state index contributed by atoms with van der Waals surface area (Å²) in [6.45, 7) is 1.87. The maximum Gasteiger partial charge on any atom is 0.346 e. The molecular formula is C21H18Cl2N2O4. The summed E-state index contributed by atoms with van der Waals surface area (Å²) < 4.78 is 10.4. The van der Waals surface area contributed by atoms with Crippen LogP contribution in [0.25, 0.3) is 11.3 Å². The van der Waals surface area contributed by atoms with Gasteiger partial charge in [-0.25, -0.2) is 4.79 Å². The van der Waals surface area contributed by atoms with E-state index in [0.717, 1.165) is 5.56 Å². The highest BCUT2D eigenvalue weighted by Crippen LogP contribution is 2.30. The zero-order valence-corrected chi connectivity index (χ0v) is 17.1. The number of halogens is 2. The Labute approximate surface area is 177 Å². The minimum atomic E-state index is -0.633. The Morgan fingerprint density at radius 1 is 1.03 bits per heavy atom. The van der Waals surface area contributed by atoms with Crippen LogP contribution in [0.3, 0.4) is 0 Å². The predicted octanol–water partition coefficient (Wildman–Crippen LogP) is 5.40. The molecule has 0 saturated carbocycles. The standard InChI is InChI=1S/C21H18Cl2N2O4/c1-2-28-21(27)18-19(14-6-10-16(23)11-7-14)25-29-20(18)24-17(26)12-5-13-3-8-15(22)9-4-13/h3-4,6-11H,2,5,12H2,1H3,(H,24,26). The molecule has 6 nitrogen and oxygen atoms in total. The summed E-state index contributed by atoms with van der Waals surface area (Å²) in [5, 5.41) is 7.74. The Bertz CT molecular complexity index is 999. The van der Waals surface area contributed by atoms with Gasteiger partial charge in [-0.2, -0.15) is 0 Å². The molecule has 0 aliphatic rings.